The number of fused-ring (bicyclic) bond motifs is 1. The largest absolute Gasteiger partial charge is 0.497 e. The summed E-state index contributed by atoms with van der Waals surface area (Å²) in [5.41, 5.74) is 9.79. The molecule has 1 aromatic heterocycles. The molecule has 2 aromatic rings. The molecule has 1 heterocycles. The third-order valence-corrected chi connectivity index (χ3v) is 2.75. The van der Waals surface area contributed by atoms with Crippen LogP contribution in [0.1, 0.15) is 18.2 Å². The maximum absolute atomic E-state index is 5.98. The summed E-state index contributed by atoms with van der Waals surface area (Å²) in [5.74, 6) is 0.783. The van der Waals surface area contributed by atoms with Gasteiger partial charge in [0, 0.05) is 17.1 Å². The summed E-state index contributed by atoms with van der Waals surface area (Å²) in [7, 11) is 1.65. The van der Waals surface area contributed by atoms with Crippen molar-refractivity contribution in [1.29, 1.82) is 0 Å². The number of rotatable bonds is 2. The third-order valence-electron chi connectivity index (χ3n) is 2.75. The zero-order chi connectivity index (χ0) is 11.7. The highest BCUT2D eigenvalue weighted by Crippen LogP contribution is 2.29. The average molecular weight is 216 g/mol. The monoisotopic (exact) mass is 216 g/mol. The molecule has 0 spiro atoms. The second kappa shape index (κ2) is 4.00. The fourth-order valence-corrected chi connectivity index (χ4v) is 1.95. The summed E-state index contributed by atoms with van der Waals surface area (Å²) >= 11 is 0. The number of nitrogens with two attached hydrogens (primary N) is 1. The maximum atomic E-state index is 5.98. The van der Waals surface area contributed by atoms with Crippen molar-refractivity contribution in [2.24, 2.45) is 0 Å². The number of pyridine rings is 1. The van der Waals surface area contributed by atoms with Gasteiger partial charge >= 0.3 is 0 Å². The smallest absolute Gasteiger partial charge is 0.121 e. The summed E-state index contributed by atoms with van der Waals surface area (Å²) < 4.78 is 5.23. The van der Waals surface area contributed by atoms with Gasteiger partial charge in [-0.2, -0.15) is 0 Å². The van der Waals surface area contributed by atoms with Crippen LogP contribution in [0.4, 0.5) is 5.69 Å². The zero-order valence-electron chi connectivity index (χ0n) is 9.87. The Bertz CT molecular complexity index is 535. The minimum atomic E-state index is 0.674. The first kappa shape index (κ1) is 10.7. The van der Waals surface area contributed by atoms with Crippen LogP contribution < -0.4 is 10.5 Å². The lowest BCUT2D eigenvalue weighted by Gasteiger charge is -2.10. The minimum Gasteiger partial charge on any atom is -0.497 e. The molecule has 3 nitrogen and oxygen atoms in total. The van der Waals surface area contributed by atoms with E-state index in [0.29, 0.717) is 5.69 Å². The lowest BCUT2D eigenvalue weighted by atomic mass is 10.0. The van der Waals surface area contributed by atoms with Gasteiger partial charge in [0.25, 0.3) is 0 Å². The van der Waals surface area contributed by atoms with E-state index in [1.165, 1.54) is 5.56 Å². The molecule has 0 atom stereocenters. The molecule has 2 N–H and O–H groups in total. The van der Waals surface area contributed by atoms with Crippen molar-refractivity contribution in [2.75, 3.05) is 12.8 Å². The minimum absolute atomic E-state index is 0.674. The molecule has 0 bridgehead atoms. The Labute approximate surface area is 95.2 Å². The SMILES string of the molecule is CCc1cc(C)nc2c(N)cc(OC)cc12. The Balaban J connectivity index is 2.83. The predicted octanol–water partition coefficient (Wildman–Crippen LogP) is 2.70. The van der Waals surface area contributed by atoms with Crippen LogP contribution in [0.2, 0.25) is 0 Å². The van der Waals surface area contributed by atoms with Gasteiger partial charge in [-0.15, -0.1) is 0 Å². The van der Waals surface area contributed by atoms with E-state index in [1.54, 1.807) is 7.11 Å². The first-order valence-corrected chi connectivity index (χ1v) is 5.39. The van der Waals surface area contributed by atoms with Crippen LogP contribution in [-0.4, -0.2) is 12.1 Å². The van der Waals surface area contributed by atoms with E-state index in [4.69, 9.17) is 10.5 Å². The van der Waals surface area contributed by atoms with Crippen LogP contribution in [0, 0.1) is 6.92 Å². The summed E-state index contributed by atoms with van der Waals surface area (Å²) in [6.07, 6.45) is 0.965. The molecule has 2 rings (SSSR count). The van der Waals surface area contributed by atoms with E-state index in [1.807, 2.05) is 19.1 Å². The Kier molecular flexibility index (Phi) is 2.69. The Hall–Kier alpha value is -1.77. The molecule has 0 radical (unpaired) electrons. The number of aromatic nitrogens is 1. The fourth-order valence-electron chi connectivity index (χ4n) is 1.95. The van der Waals surface area contributed by atoms with Gasteiger partial charge < -0.3 is 10.5 Å². The molecule has 0 unspecified atom stereocenters. The van der Waals surface area contributed by atoms with Gasteiger partial charge in [-0.3, -0.25) is 4.98 Å². The van der Waals surface area contributed by atoms with Crippen molar-refractivity contribution in [1.82, 2.24) is 4.98 Å². The summed E-state index contributed by atoms with van der Waals surface area (Å²) in [4.78, 5) is 4.48. The van der Waals surface area contributed by atoms with Crippen molar-refractivity contribution < 1.29 is 4.74 Å². The molecular formula is C13H16N2O. The van der Waals surface area contributed by atoms with Gasteiger partial charge in [0.05, 0.1) is 18.3 Å². The predicted molar refractivity (Wildman–Crippen MR) is 66.8 cm³/mol. The van der Waals surface area contributed by atoms with Crippen LogP contribution in [0.3, 0.4) is 0 Å². The molecular weight excluding hydrogens is 200 g/mol. The van der Waals surface area contributed by atoms with Crippen LogP contribution in [0.15, 0.2) is 18.2 Å². The van der Waals surface area contributed by atoms with Crippen molar-refractivity contribution >= 4 is 16.6 Å². The molecule has 0 saturated carbocycles. The fraction of sp³-hybridized carbons (Fsp3) is 0.308. The molecule has 0 saturated heterocycles. The maximum Gasteiger partial charge on any atom is 0.121 e. The third kappa shape index (κ3) is 1.69. The highest BCUT2D eigenvalue weighted by atomic mass is 16.5. The lowest BCUT2D eigenvalue weighted by molar-refractivity contribution is 0.415. The molecule has 3 heteroatoms. The summed E-state index contributed by atoms with van der Waals surface area (Å²) in [6, 6.07) is 5.91. The standard InChI is InChI=1S/C13H16N2O/c1-4-9-5-8(2)15-13-11(9)6-10(16-3)7-12(13)14/h5-7H,4,14H2,1-3H3. The second-order valence-electron chi connectivity index (χ2n) is 3.89. The average Bonchev–Trinajstić information content (AvgIpc) is 2.28. The Morgan fingerprint density at radius 2 is 2.06 bits per heavy atom. The van der Waals surface area contributed by atoms with Gasteiger partial charge in [0.15, 0.2) is 0 Å². The number of nitrogen functional groups attached to an aromatic ring is 1. The number of hydrogen-bond acceptors (Lipinski definition) is 3. The molecule has 0 aliphatic rings. The van der Waals surface area contributed by atoms with Crippen molar-refractivity contribution in [3.8, 4) is 5.75 Å². The highest BCUT2D eigenvalue weighted by Gasteiger charge is 2.07. The number of aryl methyl sites for hydroxylation is 2. The molecule has 0 amide bonds. The van der Waals surface area contributed by atoms with Gasteiger partial charge in [-0.05, 0) is 31.0 Å². The number of nitrogens with zero attached hydrogens (tertiary/aromatic N) is 1. The topological polar surface area (TPSA) is 48.1 Å². The molecule has 0 aliphatic carbocycles. The van der Waals surface area contributed by atoms with Crippen LogP contribution in [0.5, 0.6) is 5.75 Å². The normalized spacial score (nSPS) is 10.7. The first-order valence-electron chi connectivity index (χ1n) is 5.39. The molecule has 0 fully saturated rings. The Morgan fingerprint density at radius 3 is 2.69 bits per heavy atom. The van der Waals surface area contributed by atoms with E-state index in [-0.39, 0.29) is 0 Å². The van der Waals surface area contributed by atoms with Gasteiger partial charge in [-0.25, -0.2) is 0 Å². The van der Waals surface area contributed by atoms with Crippen molar-refractivity contribution in [2.45, 2.75) is 20.3 Å². The molecule has 16 heavy (non-hydrogen) atoms. The molecule has 84 valence electrons. The van der Waals surface area contributed by atoms with Crippen LogP contribution >= 0.6 is 0 Å². The highest BCUT2D eigenvalue weighted by molar-refractivity contribution is 5.93. The number of benzene rings is 1. The number of hydrogen-bond donors (Lipinski definition) is 1. The van der Waals surface area contributed by atoms with E-state index in [9.17, 15) is 0 Å². The van der Waals surface area contributed by atoms with Crippen molar-refractivity contribution in [3.63, 3.8) is 0 Å². The Morgan fingerprint density at radius 1 is 1.31 bits per heavy atom. The first-order chi connectivity index (χ1) is 7.65. The number of ether oxygens (including phenoxy) is 1. The van der Waals surface area contributed by atoms with Gasteiger partial charge in [0.2, 0.25) is 0 Å². The molecule has 1 aromatic carbocycles. The zero-order valence-corrected chi connectivity index (χ0v) is 9.87. The van der Waals surface area contributed by atoms with Crippen molar-refractivity contribution in [3.05, 3.63) is 29.5 Å². The van der Waals surface area contributed by atoms with E-state index in [2.05, 4.69) is 18.0 Å². The van der Waals surface area contributed by atoms with Gasteiger partial charge in [0.1, 0.15) is 5.75 Å². The van der Waals surface area contributed by atoms with E-state index in [0.717, 1.165) is 28.8 Å². The van der Waals surface area contributed by atoms with Crippen LogP contribution in [-0.2, 0) is 6.42 Å². The lowest BCUT2D eigenvalue weighted by Crippen LogP contribution is -1.96. The quantitative estimate of drug-likeness (QED) is 0.785. The summed E-state index contributed by atoms with van der Waals surface area (Å²) in [5, 5.41) is 1.09. The second-order valence-corrected chi connectivity index (χ2v) is 3.89. The van der Waals surface area contributed by atoms with E-state index < -0.39 is 0 Å². The van der Waals surface area contributed by atoms with Crippen LogP contribution in [0.25, 0.3) is 10.9 Å². The summed E-state index contributed by atoms with van der Waals surface area (Å²) in [6.45, 7) is 4.12. The number of anilines is 1. The van der Waals surface area contributed by atoms with Gasteiger partial charge in [-0.1, -0.05) is 6.92 Å². The number of methoxy groups -OCH3 is 1. The van der Waals surface area contributed by atoms with E-state index >= 15 is 0 Å². The molecule has 0 aliphatic heterocycles.